The molecule has 0 aliphatic rings. The molecule has 10 heteroatoms. The fourth-order valence-corrected chi connectivity index (χ4v) is 3.69. The van der Waals surface area contributed by atoms with Gasteiger partial charge in [-0.1, -0.05) is 24.3 Å². The Labute approximate surface area is 212 Å². The van der Waals surface area contributed by atoms with Gasteiger partial charge in [0, 0.05) is 12.7 Å². The Kier molecular flexibility index (Phi) is 7.10. The zero-order valence-electron chi connectivity index (χ0n) is 20.8. The van der Waals surface area contributed by atoms with Gasteiger partial charge in [0.25, 0.3) is 17.4 Å². The van der Waals surface area contributed by atoms with Crippen molar-refractivity contribution in [1.29, 1.82) is 0 Å². The SMILES string of the molecule is Cc1ccc(C(=O)OC(C)C(=O)Nc2c(C)n(C)n(-c3ccccc3)c2=O)cc1NC(=O)c1ccco1. The average molecular weight is 503 g/mol. The van der Waals surface area contributed by atoms with E-state index in [-0.39, 0.29) is 17.0 Å². The molecule has 0 saturated carbocycles. The first-order valence-corrected chi connectivity index (χ1v) is 11.5. The van der Waals surface area contributed by atoms with Crippen molar-refractivity contribution >= 4 is 29.2 Å². The number of esters is 1. The molecule has 2 N–H and O–H groups in total. The van der Waals surface area contributed by atoms with Crippen LogP contribution in [0.2, 0.25) is 0 Å². The lowest BCUT2D eigenvalue weighted by molar-refractivity contribution is -0.123. The maximum atomic E-state index is 13.0. The summed E-state index contributed by atoms with van der Waals surface area (Å²) in [6.07, 6.45) is 0.190. The Hall–Kier alpha value is -4.86. The Balaban J connectivity index is 1.46. The smallest absolute Gasteiger partial charge is 0.338 e. The largest absolute Gasteiger partial charge is 0.459 e. The topological polar surface area (TPSA) is 125 Å². The Bertz CT molecular complexity index is 1520. The number of anilines is 2. The van der Waals surface area contributed by atoms with Crippen LogP contribution in [-0.4, -0.2) is 33.3 Å². The van der Waals surface area contributed by atoms with Gasteiger partial charge in [0.2, 0.25) is 0 Å². The number of hydrogen-bond donors (Lipinski definition) is 2. The molecule has 1 unspecified atom stereocenters. The number of rotatable bonds is 7. The fourth-order valence-electron chi connectivity index (χ4n) is 3.69. The summed E-state index contributed by atoms with van der Waals surface area (Å²) in [5, 5.41) is 5.28. The van der Waals surface area contributed by atoms with Crippen molar-refractivity contribution < 1.29 is 23.5 Å². The van der Waals surface area contributed by atoms with Crippen LogP contribution in [0.3, 0.4) is 0 Å². The second kappa shape index (κ2) is 10.4. The summed E-state index contributed by atoms with van der Waals surface area (Å²) in [5.41, 5.74) is 2.13. The molecule has 190 valence electrons. The number of para-hydroxylation sites is 1. The zero-order valence-corrected chi connectivity index (χ0v) is 20.8. The van der Waals surface area contributed by atoms with Crippen molar-refractivity contribution in [3.63, 3.8) is 0 Å². The van der Waals surface area contributed by atoms with Crippen molar-refractivity contribution in [1.82, 2.24) is 9.36 Å². The summed E-state index contributed by atoms with van der Waals surface area (Å²) in [4.78, 5) is 50.9. The van der Waals surface area contributed by atoms with Crippen LogP contribution < -0.4 is 16.2 Å². The molecule has 0 bridgehead atoms. The number of carbonyl (C=O) groups excluding carboxylic acids is 3. The molecule has 0 aliphatic heterocycles. The van der Waals surface area contributed by atoms with Gasteiger partial charge in [0.15, 0.2) is 11.9 Å². The van der Waals surface area contributed by atoms with Crippen LogP contribution in [0.5, 0.6) is 0 Å². The van der Waals surface area contributed by atoms with E-state index in [1.807, 2.05) is 18.2 Å². The molecule has 0 fully saturated rings. The summed E-state index contributed by atoms with van der Waals surface area (Å²) in [6.45, 7) is 4.89. The molecule has 10 nitrogen and oxygen atoms in total. The van der Waals surface area contributed by atoms with Crippen molar-refractivity contribution in [3.8, 4) is 5.69 Å². The summed E-state index contributed by atoms with van der Waals surface area (Å²) in [6, 6.07) is 16.8. The van der Waals surface area contributed by atoms with E-state index in [9.17, 15) is 19.2 Å². The molecule has 0 saturated heterocycles. The lowest BCUT2D eigenvalue weighted by Gasteiger charge is -2.14. The van der Waals surface area contributed by atoms with E-state index < -0.39 is 29.4 Å². The average Bonchev–Trinajstić information content (AvgIpc) is 3.49. The van der Waals surface area contributed by atoms with E-state index >= 15 is 0 Å². The highest BCUT2D eigenvalue weighted by Gasteiger charge is 2.24. The van der Waals surface area contributed by atoms with Gasteiger partial charge in [-0.2, -0.15) is 0 Å². The third kappa shape index (κ3) is 5.22. The highest BCUT2D eigenvalue weighted by molar-refractivity contribution is 6.03. The van der Waals surface area contributed by atoms with Gasteiger partial charge in [0.1, 0.15) is 5.69 Å². The number of aryl methyl sites for hydroxylation is 1. The van der Waals surface area contributed by atoms with Gasteiger partial charge in [-0.25, -0.2) is 9.48 Å². The summed E-state index contributed by atoms with van der Waals surface area (Å²) >= 11 is 0. The minimum Gasteiger partial charge on any atom is -0.459 e. The van der Waals surface area contributed by atoms with E-state index in [0.717, 1.165) is 5.56 Å². The van der Waals surface area contributed by atoms with Gasteiger partial charge in [-0.05, 0) is 62.7 Å². The van der Waals surface area contributed by atoms with Crippen LogP contribution in [0.25, 0.3) is 5.69 Å². The Morgan fingerprint density at radius 1 is 0.973 bits per heavy atom. The number of carbonyl (C=O) groups is 3. The van der Waals surface area contributed by atoms with Crippen LogP contribution in [0.1, 0.15) is 39.1 Å². The monoisotopic (exact) mass is 502 g/mol. The van der Waals surface area contributed by atoms with Crippen molar-refractivity contribution in [3.05, 3.63) is 99.9 Å². The second-order valence-electron chi connectivity index (χ2n) is 8.43. The molecule has 2 heterocycles. The van der Waals surface area contributed by atoms with Crippen molar-refractivity contribution in [2.75, 3.05) is 10.6 Å². The standard InChI is InChI=1S/C27H26N4O6/c1-16-12-13-19(15-21(16)28-25(33)22-11-8-14-36-22)27(35)37-18(3)24(32)29-23-17(2)30(4)31(26(23)34)20-9-6-5-7-10-20/h5-15,18H,1-4H3,(H,28,33)(H,29,32). The minimum absolute atomic E-state index is 0.0949. The first-order valence-electron chi connectivity index (χ1n) is 11.5. The molecule has 2 aromatic carbocycles. The highest BCUT2D eigenvalue weighted by Crippen LogP contribution is 2.20. The van der Waals surface area contributed by atoms with E-state index in [4.69, 9.17) is 9.15 Å². The van der Waals surface area contributed by atoms with Crippen LogP contribution in [0.15, 0.2) is 76.1 Å². The van der Waals surface area contributed by atoms with E-state index in [0.29, 0.717) is 17.1 Å². The molecule has 0 spiro atoms. The normalized spacial score (nSPS) is 11.6. The van der Waals surface area contributed by atoms with Gasteiger partial charge in [0.05, 0.1) is 23.2 Å². The van der Waals surface area contributed by atoms with Crippen molar-refractivity contribution in [2.24, 2.45) is 7.05 Å². The predicted molar refractivity (Wildman–Crippen MR) is 137 cm³/mol. The molecule has 0 aliphatic carbocycles. The lowest BCUT2D eigenvalue weighted by atomic mass is 10.1. The summed E-state index contributed by atoms with van der Waals surface area (Å²) < 4.78 is 13.5. The van der Waals surface area contributed by atoms with Gasteiger partial charge in [-0.3, -0.25) is 19.1 Å². The second-order valence-corrected chi connectivity index (χ2v) is 8.43. The maximum absolute atomic E-state index is 13.0. The highest BCUT2D eigenvalue weighted by atomic mass is 16.5. The molecule has 37 heavy (non-hydrogen) atoms. The quantitative estimate of drug-likeness (QED) is 0.370. The van der Waals surface area contributed by atoms with Gasteiger partial charge < -0.3 is 19.8 Å². The van der Waals surface area contributed by atoms with Crippen LogP contribution in [0.4, 0.5) is 11.4 Å². The third-order valence-electron chi connectivity index (χ3n) is 5.92. The Morgan fingerprint density at radius 2 is 1.70 bits per heavy atom. The number of ether oxygens (including phenoxy) is 1. The van der Waals surface area contributed by atoms with Crippen LogP contribution in [-0.2, 0) is 16.6 Å². The maximum Gasteiger partial charge on any atom is 0.338 e. The van der Waals surface area contributed by atoms with Gasteiger partial charge >= 0.3 is 5.97 Å². The van der Waals surface area contributed by atoms with Crippen molar-refractivity contribution in [2.45, 2.75) is 26.9 Å². The van der Waals surface area contributed by atoms with E-state index in [1.54, 1.807) is 49.8 Å². The summed E-state index contributed by atoms with van der Waals surface area (Å²) in [5.74, 6) is -1.76. The summed E-state index contributed by atoms with van der Waals surface area (Å²) in [7, 11) is 1.71. The number of nitrogens with zero attached hydrogens (tertiary/aromatic N) is 2. The molecular weight excluding hydrogens is 476 g/mol. The molecule has 4 rings (SSSR count). The third-order valence-corrected chi connectivity index (χ3v) is 5.92. The number of nitrogens with one attached hydrogen (secondary N) is 2. The van der Waals surface area contributed by atoms with E-state index in [2.05, 4.69) is 10.6 Å². The predicted octanol–water partition coefficient (Wildman–Crippen LogP) is 3.82. The molecule has 1 atom stereocenters. The van der Waals surface area contributed by atoms with E-state index in [1.165, 1.54) is 36.1 Å². The number of amides is 2. The molecule has 0 radical (unpaired) electrons. The number of aromatic nitrogens is 2. The minimum atomic E-state index is -1.20. The molecule has 2 aromatic heterocycles. The number of furan rings is 1. The van der Waals surface area contributed by atoms with Gasteiger partial charge in [-0.15, -0.1) is 0 Å². The zero-order chi connectivity index (χ0) is 26.7. The molecule has 4 aromatic rings. The number of benzene rings is 2. The van der Waals surface area contributed by atoms with Crippen LogP contribution in [0, 0.1) is 13.8 Å². The first kappa shape index (κ1) is 25.2. The molecular formula is C27H26N4O6. The fraction of sp³-hybridized carbons (Fsp3) is 0.185. The first-order chi connectivity index (χ1) is 17.7. The lowest BCUT2D eigenvalue weighted by Crippen LogP contribution is -2.32. The number of hydrogen-bond acceptors (Lipinski definition) is 6. The Morgan fingerprint density at radius 3 is 2.38 bits per heavy atom. The van der Waals surface area contributed by atoms with Crippen LogP contribution >= 0.6 is 0 Å². The molecule has 2 amide bonds.